The molecule has 0 aromatic heterocycles. The van der Waals surface area contributed by atoms with Crippen molar-refractivity contribution in [2.24, 2.45) is 0 Å². The second-order valence-electron chi connectivity index (χ2n) is 26.1. The van der Waals surface area contributed by atoms with Gasteiger partial charge < -0.3 is 9.80 Å². The number of hydrogen-bond donors (Lipinski definition) is 0. The average Bonchev–Trinajstić information content (AvgIpc) is 3.47. The minimum atomic E-state index is -0.135. The molecule has 2 nitrogen and oxygen atoms in total. The van der Waals surface area contributed by atoms with Gasteiger partial charge in [-0.1, -0.05) is 188 Å². The predicted molar refractivity (Wildman–Crippen MR) is 299 cm³/mol. The average molecular weight is 905 g/mol. The molecule has 4 aliphatic rings. The van der Waals surface area contributed by atoms with E-state index in [1.807, 2.05) is 0 Å². The third-order valence-corrected chi connectivity index (χ3v) is 17.1. The van der Waals surface area contributed by atoms with Crippen LogP contribution in [-0.4, -0.2) is 6.71 Å². The fourth-order valence-corrected chi connectivity index (χ4v) is 13.2. The van der Waals surface area contributed by atoms with Gasteiger partial charge in [0, 0.05) is 34.0 Å². The molecule has 3 heteroatoms. The summed E-state index contributed by atoms with van der Waals surface area (Å²) in [7, 11) is 0. The highest BCUT2D eigenvalue weighted by Gasteiger charge is 2.49. The maximum atomic E-state index is 2.75. The summed E-state index contributed by atoms with van der Waals surface area (Å²) in [6.07, 6.45) is 3.48. The molecular weight excluding hydrogens is 832 g/mol. The zero-order valence-electron chi connectivity index (χ0n) is 44.3. The number of rotatable bonds is 4. The Bertz CT molecular complexity index is 3230. The Balaban J connectivity index is 1.31. The van der Waals surface area contributed by atoms with Crippen molar-refractivity contribution in [2.45, 2.75) is 156 Å². The van der Waals surface area contributed by atoms with Gasteiger partial charge in [0.25, 0.3) is 6.71 Å². The van der Waals surface area contributed by atoms with Gasteiger partial charge in [-0.25, -0.2) is 0 Å². The SMILES string of the molecule is Cc1cc2c(cc1N1c3cc4c(cc3B3c5ccc(-c6ccccc6)cc5N(c5ccc(C(C)(C)C)cc5-c5ccccc5)c5cc(C(C)(C)C)cc1c53)C(C)(C)CCC4(C)C)C(C)(C)CC2(C)C. The number of hydrogen-bond acceptors (Lipinski definition) is 2. The molecule has 11 rings (SSSR count). The summed E-state index contributed by atoms with van der Waals surface area (Å²) in [5.74, 6) is 0. The summed E-state index contributed by atoms with van der Waals surface area (Å²) < 4.78 is 0. The summed E-state index contributed by atoms with van der Waals surface area (Å²) in [6.45, 7) is 36.4. The van der Waals surface area contributed by atoms with Gasteiger partial charge in [0.15, 0.2) is 0 Å². The molecule has 0 atom stereocenters. The first-order valence-corrected chi connectivity index (χ1v) is 25.9. The van der Waals surface area contributed by atoms with E-state index in [-0.39, 0.29) is 39.2 Å². The zero-order chi connectivity index (χ0) is 49.0. The van der Waals surface area contributed by atoms with E-state index in [1.165, 1.54) is 125 Å². The Morgan fingerprint density at radius 1 is 0.406 bits per heavy atom. The summed E-state index contributed by atoms with van der Waals surface area (Å²) >= 11 is 0. The highest BCUT2D eigenvalue weighted by atomic mass is 15.2. The van der Waals surface area contributed by atoms with E-state index >= 15 is 0 Å². The van der Waals surface area contributed by atoms with Crippen LogP contribution in [0.2, 0.25) is 0 Å². The molecule has 0 bridgehead atoms. The van der Waals surface area contributed by atoms with Crippen molar-refractivity contribution < 1.29 is 0 Å². The molecule has 0 saturated carbocycles. The molecular formula is C66H73BN2. The summed E-state index contributed by atoms with van der Waals surface area (Å²) in [4.78, 5) is 5.42. The Morgan fingerprint density at radius 3 is 1.51 bits per heavy atom. The summed E-state index contributed by atoms with van der Waals surface area (Å²) in [5, 5.41) is 0. The van der Waals surface area contributed by atoms with Crippen molar-refractivity contribution in [3.05, 3.63) is 172 Å². The Kier molecular flexibility index (Phi) is 9.99. The number of fused-ring (bicyclic) bond motifs is 6. The molecule has 350 valence electrons. The van der Waals surface area contributed by atoms with Gasteiger partial charge in [-0.3, -0.25) is 0 Å². The minimum absolute atomic E-state index is 0.0108. The van der Waals surface area contributed by atoms with Crippen molar-refractivity contribution in [3.63, 3.8) is 0 Å². The molecule has 69 heavy (non-hydrogen) atoms. The lowest BCUT2D eigenvalue weighted by molar-refractivity contribution is 0.332. The van der Waals surface area contributed by atoms with Crippen LogP contribution in [0.15, 0.2) is 133 Å². The van der Waals surface area contributed by atoms with Gasteiger partial charge in [0.05, 0.1) is 5.69 Å². The molecule has 7 aromatic carbocycles. The fourth-order valence-electron chi connectivity index (χ4n) is 13.2. The Labute approximate surface area is 415 Å². The van der Waals surface area contributed by atoms with Gasteiger partial charge in [-0.15, -0.1) is 0 Å². The molecule has 0 amide bonds. The van der Waals surface area contributed by atoms with E-state index in [9.17, 15) is 0 Å². The van der Waals surface area contributed by atoms with E-state index in [4.69, 9.17) is 0 Å². The third kappa shape index (κ3) is 7.18. The minimum Gasteiger partial charge on any atom is -0.311 e. The third-order valence-electron chi connectivity index (χ3n) is 17.1. The fraction of sp³-hybridized carbons (Fsp3) is 0.364. The van der Waals surface area contributed by atoms with Crippen molar-refractivity contribution in [1.29, 1.82) is 0 Å². The van der Waals surface area contributed by atoms with Gasteiger partial charge in [0.2, 0.25) is 0 Å². The molecule has 0 radical (unpaired) electrons. The van der Waals surface area contributed by atoms with E-state index in [0.717, 1.165) is 6.42 Å². The molecule has 2 aliphatic heterocycles. The molecule has 2 heterocycles. The number of anilines is 6. The lowest BCUT2D eigenvalue weighted by Crippen LogP contribution is -2.62. The molecule has 2 aliphatic carbocycles. The van der Waals surface area contributed by atoms with E-state index in [1.54, 1.807) is 0 Å². The Hall–Kier alpha value is -5.80. The van der Waals surface area contributed by atoms with Crippen LogP contribution >= 0.6 is 0 Å². The largest absolute Gasteiger partial charge is 0.311 e. The maximum absolute atomic E-state index is 2.75. The summed E-state index contributed by atoms with van der Waals surface area (Å²) in [5.41, 5.74) is 26.8. The standard InChI is InChI=1S/C66H73BN2/c1-41-32-48-51(66(14,15)40-65(48,12)13)38-55(41)69-57-39-50-49(63(8,9)30-31-64(50,10)11)37-53(57)67-52-28-26-44(42-22-18-16-19-23-42)33-56(52)68(58-35-46(62(5,6)7)36-59(69)60(58)67)54-29-27-45(61(2,3)4)34-47(54)43-24-20-17-21-25-43/h16-29,32-39H,30-31,40H2,1-15H3. The predicted octanol–water partition coefficient (Wildman–Crippen LogP) is 16.3. The second-order valence-corrected chi connectivity index (χ2v) is 26.1. The van der Waals surface area contributed by atoms with Crippen molar-refractivity contribution in [1.82, 2.24) is 0 Å². The van der Waals surface area contributed by atoms with Crippen LogP contribution in [0.5, 0.6) is 0 Å². The highest BCUT2D eigenvalue weighted by Crippen LogP contribution is 2.55. The molecule has 0 spiro atoms. The van der Waals surface area contributed by atoms with E-state index in [2.05, 4.69) is 247 Å². The lowest BCUT2D eigenvalue weighted by Gasteiger charge is -2.48. The lowest BCUT2D eigenvalue weighted by atomic mass is 9.33. The number of benzene rings is 7. The van der Waals surface area contributed by atoms with Crippen LogP contribution in [0.25, 0.3) is 22.3 Å². The molecule has 7 aromatic rings. The quantitative estimate of drug-likeness (QED) is 0.162. The van der Waals surface area contributed by atoms with E-state index in [0.29, 0.717) is 0 Å². The molecule has 0 unspecified atom stereocenters. The first-order valence-electron chi connectivity index (χ1n) is 25.9. The van der Waals surface area contributed by atoms with Crippen LogP contribution in [0, 0.1) is 6.92 Å². The van der Waals surface area contributed by atoms with E-state index < -0.39 is 0 Å². The van der Waals surface area contributed by atoms with Crippen LogP contribution < -0.4 is 26.2 Å². The number of aryl methyl sites for hydroxylation is 1. The second kappa shape index (κ2) is 15.1. The van der Waals surface area contributed by atoms with Crippen LogP contribution in [0.1, 0.15) is 155 Å². The van der Waals surface area contributed by atoms with Crippen LogP contribution in [0.4, 0.5) is 34.1 Å². The molecule has 0 fully saturated rings. The van der Waals surface area contributed by atoms with Crippen LogP contribution in [-0.2, 0) is 32.5 Å². The molecule has 0 N–H and O–H groups in total. The maximum Gasteiger partial charge on any atom is 0.252 e. The van der Waals surface area contributed by atoms with Crippen molar-refractivity contribution >= 4 is 57.2 Å². The Morgan fingerprint density at radius 2 is 0.913 bits per heavy atom. The normalized spacial score (nSPS) is 18.0. The molecule has 0 saturated heterocycles. The van der Waals surface area contributed by atoms with Gasteiger partial charge in [-0.05, 0) is 173 Å². The first kappa shape index (κ1) is 45.6. The smallest absolute Gasteiger partial charge is 0.252 e. The zero-order valence-corrected chi connectivity index (χ0v) is 44.3. The van der Waals surface area contributed by atoms with Crippen molar-refractivity contribution in [2.75, 3.05) is 9.80 Å². The first-order chi connectivity index (χ1) is 32.4. The van der Waals surface area contributed by atoms with Crippen molar-refractivity contribution in [3.8, 4) is 22.3 Å². The number of nitrogens with zero attached hydrogens (tertiary/aromatic N) is 2. The van der Waals surface area contributed by atoms with Gasteiger partial charge >= 0.3 is 0 Å². The highest BCUT2D eigenvalue weighted by molar-refractivity contribution is 7.00. The van der Waals surface area contributed by atoms with Crippen LogP contribution in [0.3, 0.4) is 0 Å². The van der Waals surface area contributed by atoms with Gasteiger partial charge in [0.1, 0.15) is 0 Å². The topological polar surface area (TPSA) is 6.48 Å². The summed E-state index contributed by atoms with van der Waals surface area (Å²) in [6, 6.07) is 52.5. The van der Waals surface area contributed by atoms with Gasteiger partial charge in [-0.2, -0.15) is 0 Å². The monoisotopic (exact) mass is 905 g/mol.